The Morgan fingerprint density at radius 3 is 2.76 bits per heavy atom. The van der Waals surface area contributed by atoms with Crippen LogP contribution in [-0.2, 0) is 6.42 Å². The van der Waals surface area contributed by atoms with Gasteiger partial charge in [-0.05, 0) is 24.1 Å². The molecular formula is C15H21ClN4O. The fraction of sp³-hybridized carbons (Fsp3) is 0.533. The van der Waals surface area contributed by atoms with E-state index in [2.05, 4.69) is 48.1 Å². The smallest absolute Gasteiger partial charge is 0.228 e. The number of hydrogen-bond donors (Lipinski definition) is 1. The minimum atomic E-state index is 0.104. The Morgan fingerprint density at radius 1 is 1.38 bits per heavy atom. The molecule has 114 valence electrons. The van der Waals surface area contributed by atoms with Crippen molar-refractivity contribution >= 4 is 11.6 Å². The van der Waals surface area contributed by atoms with Gasteiger partial charge in [-0.25, -0.2) is 0 Å². The largest absolute Gasteiger partial charge is 0.339 e. The molecule has 0 aliphatic carbocycles. The van der Waals surface area contributed by atoms with Crippen LogP contribution in [0.1, 0.15) is 33.6 Å². The predicted molar refractivity (Wildman–Crippen MR) is 83.2 cm³/mol. The van der Waals surface area contributed by atoms with Gasteiger partial charge in [0.2, 0.25) is 11.7 Å². The van der Waals surface area contributed by atoms with Crippen molar-refractivity contribution in [3.8, 4) is 11.5 Å². The van der Waals surface area contributed by atoms with Crippen LogP contribution < -0.4 is 5.32 Å². The van der Waals surface area contributed by atoms with Gasteiger partial charge in [-0.2, -0.15) is 4.98 Å². The van der Waals surface area contributed by atoms with Gasteiger partial charge in [0.1, 0.15) is 5.69 Å². The first-order valence-corrected chi connectivity index (χ1v) is 7.46. The second kappa shape index (κ2) is 6.54. The van der Waals surface area contributed by atoms with Crippen LogP contribution in [0.25, 0.3) is 11.5 Å². The molecule has 21 heavy (non-hydrogen) atoms. The second-order valence-electron chi connectivity index (χ2n) is 6.03. The zero-order chi connectivity index (χ0) is 15.5. The molecule has 0 bridgehead atoms. The maximum Gasteiger partial charge on any atom is 0.228 e. The number of hydrogen-bond acceptors (Lipinski definition) is 5. The third-order valence-electron chi connectivity index (χ3n) is 3.31. The summed E-state index contributed by atoms with van der Waals surface area (Å²) in [6, 6.07) is 3.79. The summed E-state index contributed by atoms with van der Waals surface area (Å²) in [4.78, 5) is 8.61. The summed E-state index contributed by atoms with van der Waals surface area (Å²) in [7, 11) is 0. The number of aromatic nitrogens is 3. The molecule has 0 radical (unpaired) electrons. The maximum atomic E-state index is 6.10. The van der Waals surface area contributed by atoms with Crippen LogP contribution in [0.5, 0.6) is 0 Å². The van der Waals surface area contributed by atoms with Gasteiger partial charge < -0.3 is 9.84 Å². The highest BCUT2D eigenvalue weighted by atomic mass is 35.5. The molecule has 1 N–H and O–H groups in total. The molecule has 1 unspecified atom stereocenters. The molecule has 2 aromatic rings. The van der Waals surface area contributed by atoms with Crippen molar-refractivity contribution in [1.29, 1.82) is 0 Å². The molecule has 0 aromatic carbocycles. The van der Waals surface area contributed by atoms with Gasteiger partial charge >= 0.3 is 0 Å². The van der Waals surface area contributed by atoms with Crippen molar-refractivity contribution in [3.05, 3.63) is 29.2 Å². The van der Waals surface area contributed by atoms with Gasteiger partial charge in [-0.15, -0.1) is 0 Å². The van der Waals surface area contributed by atoms with E-state index in [-0.39, 0.29) is 11.5 Å². The quantitative estimate of drug-likeness (QED) is 0.917. The summed E-state index contributed by atoms with van der Waals surface area (Å²) in [5.41, 5.74) is 0.651. The molecule has 2 aromatic heterocycles. The highest BCUT2D eigenvalue weighted by molar-refractivity contribution is 6.32. The maximum absolute atomic E-state index is 6.10. The summed E-state index contributed by atoms with van der Waals surface area (Å²) in [5, 5.41) is 7.96. The van der Waals surface area contributed by atoms with Gasteiger partial charge in [0.15, 0.2) is 0 Å². The van der Waals surface area contributed by atoms with E-state index in [0.29, 0.717) is 28.9 Å². The predicted octanol–water partition coefficient (Wildman–Crippen LogP) is 3.35. The van der Waals surface area contributed by atoms with E-state index < -0.39 is 0 Å². The zero-order valence-electron chi connectivity index (χ0n) is 12.9. The van der Waals surface area contributed by atoms with Crippen molar-refractivity contribution in [3.63, 3.8) is 0 Å². The van der Waals surface area contributed by atoms with Crippen LogP contribution in [0.2, 0.25) is 5.02 Å². The van der Waals surface area contributed by atoms with Gasteiger partial charge in [0, 0.05) is 18.7 Å². The number of rotatable bonds is 5. The van der Waals surface area contributed by atoms with Crippen molar-refractivity contribution in [2.75, 3.05) is 6.54 Å². The Bertz CT molecular complexity index is 591. The Hall–Kier alpha value is -1.46. The topological polar surface area (TPSA) is 63.8 Å². The second-order valence-corrected chi connectivity index (χ2v) is 6.43. The highest BCUT2D eigenvalue weighted by Crippen LogP contribution is 2.25. The minimum absolute atomic E-state index is 0.104. The molecule has 0 aliphatic heterocycles. The van der Waals surface area contributed by atoms with Crippen LogP contribution in [-0.4, -0.2) is 27.7 Å². The molecule has 2 heterocycles. The van der Waals surface area contributed by atoms with E-state index in [9.17, 15) is 0 Å². The van der Waals surface area contributed by atoms with Gasteiger partial charge in [-0.1, -0.05) is 44.5 Å². The van der Waals surface area contributed by atoms with Crippen LogP contribution in [0.3, 0.4) is 0 Å². The summed E-state index contributed by atoms with van der Waals surface area (Å²) < 4.78 is 5.35. The van der Waals surface area contributed by atoms with Crippen LogP contribution in [0.15, 0.2) is 22.9 Å². The molecular weight excluding hydrogens is 288 g/mol. The lowest BCUT2D eigenvalue weighted by molar-refractivity contribution is 0.247. The lowest BCUT2D eigenvalue weighted by Gasteiger charge is -2.30. The summed E-state index contributed by atoms with van der Waals surface area (Å²) in [6.07, 6.45) is 2.34. The molecule has 5 nitrogen and oxygen atoms in total. The number of nitrogens with zero attached hydrogens (tertiary/aromatic N) is 3. The first-order chi connectivity index (χ1) is 9.91. The van der Waals surface area contributed by atoms with E-state index >= 15 is 0 Å². The van der Waals surface area contributed by atoms with Gasteiger partial charge in [-0.3, -0.25) is 4.98 Å². The van der Waals surface area contributed by atoms with Crippen molar-refractivity contribution in [2.45, 2.75) is 40.2 Å². The molecule has 0 saturated heterocycles. The third-order valence-corrected chi connectivity index (χ3v) is 3.62. The summed E-state index contributed by atoms with van der Waals surface area (Å²) in [5.74, 6) is 1.02. The van der Waals surface area contributed by atoms with Gasteiger partial charge in [0.05, 0.1) is 5.02 Å². The fourth-order valence-electron chi connectivity index (χ4n) is 2.09. The SMILES string of the molecule is CCNC(Cc1nc(-c2ncccc2Cl)no1)C(C)(C)C. The standard InChI is InChI=1S/C15H21ClN4O/c1-5-17-11(15(2,3)4)9-12-19-14(20-21-12)13-10(16)7-6-8-18-13/h6-8,11,17H,5,9H2,1-4H3. The molecule has 0 spiro atoms. The Morgan fingerprint density at radius 2 is 2.14 bits per heavy atom. The third kappa shape index (κ3) is 4.02. The number of nitrogens with one attached hydrogen (secondary N) is 1. The zero-order valence-corrected chi connectivity index (χ0v) is 13.6. The Balaban J connectivity index is 2.18. The van der Waals surface area contributed by atoms with E-state index in [1.165, 1.54) is 0 Å². The number of likely N-dealkylation sites (N-methyl/N-ethyl adjacent to an activating group) is 1. The number of halogens is 1. The van der Waals surface area contributed by atoms with E-state index in [4.69, 9.17) is 16.1 Å². The molecule has 0 saturated carbocycles. The number of pyridine rings is 1. The molecule has 0 amide bonds. The Labute approximate surface area is 130 Å². The molecule has 0 aliphatic rings. The minimum Gasteiger partial charge on any atom is -0.339 e. The average molecular weight is 309 g/mol. The molecule has 1 atom stereocenters. The van der Waals surface area contributed by atoms with E-state index in [1.54, 1.807) is 18.3 Å². The average Bonchev–Trinajstić information content (AvgIpc) is 2.86. The van der Waals surface area contributed by atoms with Crippen LogP contribution >= 0.6 is 11.6 Å². The normalized spacial score (nSPS) is 13.4. The van der Waals surface area contributed by atoms with E-state index in [1.807, 2.05) is 0 Å². The van der Waals surface area contributed by atoms with Gasteiger partial charge in [0.25, 0.3) is 0 Å². The molecule has 6 heteroatoms. The van der Waals surface area contributed by atoms with Crippen molar-refractivity contribution in [2.24, 2.45) is 5.41 Å². The summed E-state index contributed by atoms with van der Waals surface area (Å²) >= 11 is 6.10. The fourth-order valence-corrected chi connectivity index (χ4v) is 2.30. The summed E-state index contributed by atoms with van der Waals surface area (Å²) in [6.45, 7) is 9.55. The van der Waals surface area contributed by atoms with E-state index in [0.717, 1.165) is 6.54 Å². The lowest BCUT2D eigenvalue weighted by atomic mass is 9.84. The first-order valence-electron chi connectivity index (χ1n) is 7.08. The Kier molecular flexibility index (Phi) is 4.96. The monoisotopic (exact) mass is 308 g/mol. The van der Waals surface area contributed by atoms with Crippen LogP contribution in [0, 0.1) is 5.41 Å². The van der Waals surface area contributed by atoms with Crippen molar-refractivity contribution in [1.82, 2.24) is 20.4 Å². The van der Waals surface area contributed by atoms with Crippen LogP contribution in [0.4, 0.5) is 0 Å². The molecule has 2 rings (SSSR count). The molecule has 0 fully saturated rings. The lowest BCUT2D eigenvalue weighted by Crippen LogP contribution is -2.41. The van der Waals surface area contributed by atoms with Crippen molar-refractivity contribution < 1.29 is 4.52 Å². The highest BCUT2D eigenvalue weighted by Gasteiger charge is 2.26. The first kappa shape index (κ1) is 15.9.